The number of aromatic nitrogens is 1. The summed E-state index contributed by atoms with van der Waals surface area (Å²) in [6, 6.07) is 7.13. The maximum atomic E-state index is 13.0. The molecular weight excluding hydrogens is 363 g/mol. The van der Waals surface area contributed by atoms with Gasteiger partial charge >= 0.3 is 12.1 Å². The smallest absolute Gasteiger partial charge is 0.430 e. The van der Waals surface area contributed by atoms with Crippen molar-refractivity contribution in [3.63, 3.8) is 0 Å². The lowest BCUT2D eigenvalue weighted by molar-refractivity contribution is -0.187. The van der Waals surface area contributed by atoms with E-state index in [2.05, 4.69) is 4.98 Å². The maximum absolute atomic E-state index is 13.0. The van der Waals surface area contributed by atoms with Gasteiger partial charge in [-0.25, -0.2) is 9.78 Å². The standard InChI is InChI=1S/C16H9ClF3NO4/c17-9-2-4-13(21-7-9)24-10-3-1-8-5-11(15(22)23)14(16(18,19)20)25-12(8)6-10/h1-7,14H,(H,22,23). The number of aliphatic carboxylic acids is 1. The fourth-order valence-corrected chi connectivity index (χ4v) is 2.31. The Morgan fingerprint density at radius 3 is 2.64 bits per heavy atom. The number of nitrogens with zero attached hydrogens (tertiary/aromatic N) is 1. The summed E-state index contributed by atoms with van der Waals surface area (Å²) >= 11 is 5.71. The van der Waals surface area contributed by atoms with Gasteiger partial charge in [-0.05, 0) is 24.3 Å². The van der Waals surface area contributed by atoms with Crippen molar-refractivity contribution in [3.05, 3.63) is 52.7 Å². The van der Waals surface area contributed by atoms with Gasteiger partial charge in [-0.15, -0.1) is 0 Å². The van der Waals surface area contributed by atoms with Crippen molar-refractivity contribution in [1.82, 2.24) is 4.98 Å². The van der Waals surface area contributed by atoms with Gasteiger partial charge in [-0.3, -0.25) is 0 Å². The van der Waals surface area contributed by atoms with Gasteiger partial charge in [0.15, 0.2) is 0 Å². The van der Waals surface area contributed by atoms with Crippen LogP contribution in [-0.4, -0.2) is 28.3 Å². The number of pyridine rings is 1. The first-order valence-electron chi connectivity index (χ1n) is 6.86. The molecule has 1 aliphatic heterocycles. The highest BCUT2D eigenvalue weighted by molar-refractivity contribution is 6.30. The van der Waals surface area contributed by atoms with Crippen LogP contribution in [0.5, 0.6) is 17.4 Å². The van der Waals surface area contributed by atoms with Crippen LogP contribution in [0, 0.1) is 0 Å². The molecule has 2 aromatic rings. The molecule has 1 unspecified atom stereocenters. The second-order valence-electron chi connectivity index (χ2n) is 5.06. The Morgan fingerprint density at radius 2 is 2.04 bits per heavy atom. The van der Waals surface area contributed by atoms with Gasteiger partial charge in [-0.1, -0.05) is 11.6 Å². The number of carbonyl (C=O) groups is 1. The van der Waals surface area contributed by atoms with E-state index in [1.165, 1.54) is 30.5 Å². The summed E-state index contributed by atoms with van der Waals surface area (Å²) in [6.07, 6.45) is -5.13. The Balaban J connectivity index is 1.93. The molecule has 5 nitrogen and oxygen atoms in total. The van der Waals surface area contributed by atoms with Crippen molar-refractivity contribution >= 4 is 23.6 Å². The number of hydrogen-bond donors (Lipinski definition) is 1. The molecule has 0 amide bonds. The zero-order valence-corrected chi connectivity index (χ0v) is 13.0. The van der Waals surface area contributed by atoms with Crippen LogP contribution < -0.4 is 9.47 Å². The number of alkyl halides is 3. The first-order chi connectivity index (χ1) is 11.7. The summed E-state index contributed by atoms with van der Waals surface area (Å²) in [7, 11) is 0. The monoisotopic (exact) mass is 371 g/mol. The maximum Gasteiger partial charge on any atom is 0.430 e. The average Bonchev–Trinajstić information content (AvgIpc) is 2.55. The van der Waals surface area contributed by atoms with Gasteiger partial charge in [0.2, 0.25) is 12.0 Å². The number of carboxylic acid groups (broad SMARTS) is 1. The van der Waals surface area contributed by atoms with Crippen LogP contribution in [0.25, 0.3) is 6.08 Å². The quantitative estimate of drug-likeness (QED) is 0.870. The third kappa shape index (κ3) is 3.69. The predicted molar refractivity (Wildman–Crippen MR) is 81.8 cm³/mol. The molecule has 1 aromatic heterocycles. The number of carboxylic acids is 1. The lowest BCUT2D eigenvalue weighted by atomic mass is 10.0. The minimum atomic E-state index is -4.86. The highest BCUT2D eigenvalue weighted by Gasteiger charge is 2.48. The van der Waals surface area contributed by atoms with Gasteiger partial charge in [0.05, 0.1) is 10.6 Å². The van der Waals surface area contributed by atoms with Crippen molar-refractivity contribution < 1.29 is 32.5 Å². The van der Waals surface area contributed by atoms with Crippen molar-refractivity contribution in [2.24, 2.45) is 0 Å². The molecule has 1 N–H and O–H groups in total. The van der Waals surface area contributed by atoms with Crippen LogP contribution in [0.3, 0.4) is 0 Å². The Morgan fingerprint density at radius 1 is 1.28 bits per heavy atom. The summed E-state index contributed by atoms with van der Waals surface area (Å²) in [5, 5.41) is 9.38. The molecule has 0 saturated heterocycles. The molecule has 25 heavy (non-hydrogen) atoms. The summed E-state index contributed by atoms with van der Waals surface area (Å²) in [5.74, 6) is -1.46. The molecule has 2 heterocycles. The van der Waals surface area contributed by atoms with E-state index in [0.717, 1.165) is 6.08 Å². The zero-order chi connectivity index (χ0) is 18.2. The SMILES string of the molecule is O=C(O)C1=Cc2ccc(Oc3ccc(Cl)cn3)cc2OC1C(F)(F)F. The summed E-state index contributed by atoms with van der Waals surface area (Å²) < 4.78 is 49.4. The van der Waals surface area contributed by atoms with E-state index in [9.17, 15) is 18.0 Å². The minimum Gasteiger partial charge on any atom is -0.478 e. The van der Waals surface area contributed by atoms with Gasteiger partial charge in [0.25, 0.3) is 0 Å². The first kappa shape index (κ1) is 17.1. The van der Waals surface area contributed by atoms with Crippen molar-refractivity contribution in [2.45, 2.75) is 12.3 Å². The first-order valence-corrected chi connectivity index (χ1v) is 7.23. The average molecular weight is 372 g/mol. The number of ether oxygens (including phenoxy) is 2. The molecule has 0 saturated carbocycles. The third-order valence-corrected chi connectivity index (χ3v) is 3.51. The van der Waals surface area contributed by atoms with Gasteiger partial charge in [0.1, 0.15) is 11.5 Å². The normalized spacial score (nSPS) is 16.5. The van der Waals surface area contributed by atoms with Gasteiger partial charge < -0.3 is 14.6 Å². The molecule has 0 spiro atoms. The second-order valence-corrected chi connectivity index (χ2v) is 5.50. The van der Waals surface area contributed by atoms with E-state index in [1.807, 2.05) is 0 Å². The fourth-order valence-electron chi connectivity index (χ4n) is 2.19. The van der Waals surface area contributed by atoms with Gasteiger partial charge in [0, 0.05) is 23.9 Å². The van der Waals surface area contributed by atoms with E-state index >= 15 is 0 Å². The molecule has 9 heteroatoms. The number of benzene rings is 1. The van der Waals surface area contributed by atoms with Crippen LogP contribution in [-0.2, 0) is 4.79 Å². The molecule has 1 aromatic carbocycles. The summed E-state index contributed by atoms with van der Waals surface area (Å²) in [4.78, 5) is 15.0. The highest BCUT2D eigenvalue weighted by atomic mass is 35.5. The molecule has 0 aliphatic carbocycles. The molecule has 0 bridgehead atoms. The van der Waals surface area contributed by atoms with Crippen LogP contribution >= 0.6 is 11.6 Å². The molecule has 0 radical (unpaired) electrons. The van der Waals surface area contributed by atoms with E-state index in [0.29, 0.717) is 5.02 Å². The third-order valence-electron chi connectivity index (χ3n) is 3.29. The van der Waals surface area contributed by atoms with Crippen LogP contribution in [0.4, 0.5) is 13.2 Å². The van der Waals surface area contributed by atoms with Crippen LogP contribution in [0.15, 0.2) is 42.1 Å². The van der Waals surface area contributed by atoms with Crippen molar-refractivity contribution in [3.8, 4) is 17.4 Å². The number of fused-ring (bicyclic) bond motifs is 1. The Hall–Kier alpha value is -2.74. The van der Waals surface area contributed by atoms with Crippen molar-refractivity contribution in [1.29, 1.82) is 0 Å². The number of halogens is 4. The Labute approximate surface area is 144 Å². The Bertz CT molecular complexity index is 849. The van der Waals surface area contributed by atoms with E-state index in [4.69, 9.17) is 26.2 Å². The van der Waals surface area contributed by atoms with E-state index in [1.54, 1.807) is 6.07 Å². The topological polar surface area (TPSA) is 68.7 Å². The van der Waals surface area contributed by atoms with E-state index in [-0.39, 0.29) is 22.9 Å². The predicted octanol–water partition coefficient (Wildman–Crippen LogP) is 4.32. The minimum absolute atomic E-state index is 0.140. The molecule has 130 valence electrons. The molecular formula is C16H9ClF3NO4. The second kappa shape index (κ2) is 6.29. The van der Waals surface area contributed by atoms with E-state index < -0.39 is 23.8 Å². The molecule has 1 atom stereocenters. The van der Waals surface area contributed by atoms with Crippen molar-refractivity contribution in [2.75, 3.05) is 0 Å². The summed E-state index contributed by atoms with van der Waals surface area (Å²) in [5.41, 5.74) is -0.678. The fraction of sp³-hybridized carbons (Fsp3) is 0.125. The highest BCUT2D eigenvalue weighted by Crippen LogP contribution is 2.39. The lowest BCUT2D eigenvalue weighted by Gasteiger charge is -2.27. The zero-order valence-electron chi connectivity index (χ0n) is 12.2. The number of hydrogen-bond acceptors (Lipinski definition) is 4. The van der Waals surface area contributed by atoms with Crippen LogP contribution in [0.1, 0.15) is 5.56 Å². The molecule has 3 rings (SSSR count). The molecule has 1 aliphatic rings. The van der Waals surface area contributed by atoms with Crippen LogP contribution in [0.2, 0.25) is 5.02 Å². The summed E-state index contributed by atoms with van der Waals surface area (Å²) in [6.45, 7) is 0. The van der Waals surface area contributed by atoms with Gasteiger partial charge in [-0.2, -0.15) is 13.2 Å². The largest absolute Gasteiger partial charge is 0.478 e. The number of rotatable bonds is 3. The Kier molecular flexibility index (Phi) is 4.30. The molecule has 0 fully saturated rings. The lowest BCUT2D eigenvalue weighted by Crippen LogP contribution is -2.40.